The highest BCUT2D eigenvalue weighted by Gasteiger charge is 2.14. The van der Waals surface area contributed by atoms with Crippen LogP contribution in [0.25, 0.3) is 0 Å². The molecule has 0 aliphatic carbocycles. The van der Waals surface area contributed by atoms with Crippen molar-refractivity contribution in [1.29, 1.82) is 0 Å². The average molecular weight is 298 g/mol. The smallest absolute Gasteiger partial charge is 0.329 e. The Morgan fingerprint density at radius 1 is 1.05 bits per heavy atom. The van der Waals surface area contributed by atoms with E-state index in [2.05, 4.69) is 6.58 Å². The van der Waals surface area contributed by atoms with Crippen molar-refractivity contribution < 1.29 is 14.0 Å². The molecule has 0 saturated carbocycles. The Morgan fingerprint density at radius 3 is 2.05 bits per heavy atom. The maximum absolute atomic E-state index is 11.0. The van der Waals surface area contributed by atoms with E-state index in [1.165, 1.54) is 6.08 Å². The number of hydrogen-bond acceptors (Lipinski definition) is 3. The molecule has 0 radical (unpaired) electrons. The van der Waals surface area contributed by atoms with Crippen LogP contribution < -0.4 is 0 Å². The summed E-state index contributed by atoms with van der Waals surface area (Å²) in [7, 11) is -0.967. The number of ether oxygens (including phenoxy) is 1. The normalized spacial score (nSPS) is 10.9. The van der Waals surface area contributed by atoms with E-state index in [4.69, 9.17) is 9.16 Å². The fourth-order valence-electron chi connectivity index (χ4n) is 2.01. The van der Waals surface area contributed by atoms with E-state index in [0.717, 1.165) is 11.1 Å². The molecule has 0 spiro atoms. The van der Waals surface area contributed by atoms with Crippen LogP contribution in [0, 0.1) is 0 Å². The quantitative estimate of drug-likeness (QED) is 0.341. The molecule has 0 aliphatic heterocycles. The van der Waals surface area contributed by atoms with Gasteiger partial charge in [-0.15, -0.1) is 0 Å². The van der Waals surface area contributed by atoms with Crippen LogP contribution in [0.1, 0.15) is 17.2 Å². The molecule has 0 bridgehead atoms. The van der Waals surface area contributed by atoms with Gasteiger partial charge in [0.15, 0.2) is 0 Å². The third-order valence-corrected chi connectivity index (χ3v) is 3.92. The molecule has 21 heavy (non-hydrogen) atoms. The van der Waals surface area contributed by atoms with Crippen LogP contribution in [0.15, 0.2) is 73.3 Å². The molecule has 4 heteroatoms. The van der Waals surface area contributed by atoms with Crippen molar-refractivity contribution in [3.63, 3.8) is 0 Å². The number of carbonyl (C=O) groups excluding carboxylic acids is 1. The SMILES string of the molecule is C=CC(=O)OC[SiH2]OC(c1ccccc1)c1ccccc1. The van der Waals surface area contributed by atoms with Crippen molar-refractivity contribution in [2.24, 2.45) is 0 Å². The second-order valence-electron chi connectivity index (χ2n) is 4.44. The van der Waals surface area contributed by atoms with Gasteiger partial charge in [-0.05, 0) is 11.1 Å². The zero-order valence-electron chi connectivity index (χ0n) is 11.8. The average Bonchev–Trinajstić information content (AvgIpc) is 2.56. The highest BCUT2D eigenvalue weighted by Crippen LogP contribution is 2.25. The van der Waals surface area contributed by atoms with Crippen molar-refractivity contribution >= 4 is 15.7 Å². The van der Waals surface area contributed by atoms with Gasteiger partial charge in [-0.2, -0.15) is 0 Å². The lowest BCUT2D eigenvalue weighted by molar-refractivity contribution is -0.136. The lowest BCUT2D eigenvalue weighted by Gasteiger charge is -2.19. The zero-order chi connectivity index (χ0) is 14.9. The Bertz CT molecular complexity index is 530. The lowest BCUT2D eigenvalue weighted by atomic mass is 10.0. The van der Waals surface area contributed by atoms with E-state index >= 15 is 0 Å². The van der Waals surface area contributed by atoms with Crippen LogP contribution in [-0.2, 0) is 14.0 Å². The van der Waals surface area contributed by atoms with Gasteiger partial charge in [0.25, 0.3) is 0 Å². The van der Waals surface area contributed by atoms with E-state index < -0.39 is 15.7 Å². The molecule has 0 N–H and O–H groups in total. The number of benzene rings is 2. The molecule has 2 aromatic rings. The first-order chi connectivity index (χ1) is 10.3. The summed E-state index contributed by atoms with van der Waals surface area (Å²) >= 11 is 0. The number of hydrogen-bond donors (Lipinski definition) is 0. The van der Waals surface area contributed by atoms with Crippen molar-refractivity contribution in [3.05, 3.63) is 84.4 Å². The van der Waals surface area contributed by atoms with E-state index in [9.17, 15) is 4.79 Å². The predicted molar refractivity (Wildman–Crippen MR) is 85.5 cm³/mol. The van der Waals surface area contributed by atoms with Crippen molar-refractivity contribution in [3.8, 4) is 0 Å². The second kappa shape index (κ2) is 8.19. The highest BCUT2D eigenvalue weighted by molar-refractivity contribution is 6.27. The molecule has 0 aliphatic rings. The van der Waals surface area contributed by atoms with Gasteiger partial charge in [-0.3, -0.25) is 0 Å². The minimum atomic E-state index is -0.967. The van der Waals surface area contributed by atoms with Crippen molar-refractivity contribution in [2.75, 3.05) is 6.23 Å². The maximum Gasteiger partial charge on any atom is 0.329 e. The van der Waals surface area contributed by atoms with Gasteiger partial charge in [0.05, 0.1) is 6.10 Å². The summed E-state index contributed by atoms with van der Waals surface area (Å²) in [6, 6.07) is 20.1. The first-order valence-electron chi connectivity index (χ1n) is 6.82. The summed E-state index contributed by atoms with van der Waals surface area (Å²) < 4.78 is 11.0. The molecule has 0 saturated heterocycles. The molecule has 0 fully saturated rings. The minimum absolute atomic E-state index is 0.110. The summed E-state index contributed by atoms with van der Waals surface area (Å²) in [4.78, 5) is 11.0. The Labute approximate surface area is 127 Å². The van der Waals surface area contributed by atoms with E-state index in [1.807, 2.05) is 60.7 Å². The summed E-state index contributed by atoms with van der Waals surface area (Å²) in [5.74, 6) is -0.401. The van der Waals surface area contributed by atoms with Crippen LogP contribution in [0.5, 0.6) is 0 Å². The van der Waals surface area contributed by atoms with Gasteiger partial charge in [0.1, 0.15) is 6.23 Å². The van der Waals surface area contributed by atoms with Crippen molar-refractivity contribution in [1.82, 2.24) is 0 Å². The molecular weight excluding hydrogens is 280 g/mol. The molecule has 2 rings (SSSR count). The first kappa shape index (κ1) is 15.2. The van der Waals surface area contributed by atoms with Gasteiger partial charge < -0.3 is 9.16 Å². The van der Waals surface area contributed by atoms with E-state index in [1.54, 1.807) is 0 Å². The monoisotopic (exact) mass is 298 g/mol. The van der Waals surface area contributed by atoms with Gasteiger partial charge in [-0.1, -0.05) is 67.2 Å². The largest absolute Gasteiger partial charge is 0.464 e. The third-order valence-electron chi connectivity index (χ3n) is 2.98. The Kier molecular flexibility index (Phi) is 5.94. The highest BCUT2D eigenvalue weighted by atomic mass is 28.2. The van der Waals surface area contributed by atoms with Crippen LogP contribution >= 0.6 is 0 Å². The Morgan fingerprint density at radius 2 is 1.57 bits per heavy atom. The van der Waals surface area contributed by atoms with Crippen LogP contribution in [0.4, 0.5) is 0 Å². The standard InChI is InChI=1S/C17H18O3Si/c1-2-16(18)19-13-21-20-17(14-9-5-3-6-10-14)15-11-7-4-8-12-15/h2-12,17H,1,13,21H2. The molecule has 2 aromatic carbocycles. The molecule has 0 heterocycles. The summed E-state index contributed by atoms with van der Waals surface area (Å²) in [5.41, 5.74) is 2.21. The van der Waals surface area contributed by atoms with Gasteiger partial charge in [-0.25, -0.2) is 4.79 Å². The van der Waals surface area contributed by atoms with Gasteiger partial charge in [0.2, 0.25) is 9.76 Å². The lowest BCUT2D eigenvalue weighted by Crippen LogP contribution is -2.16. The second-order valence-corrected chi connectivity index (χ2v) is 5.59. The first-order valence-corrected chi connectivity index (χ1v) is 8.39. The molecule has 108 valence electrons. The van der Waals surface area contributed by atoms with Crippen LogP contribution in [-0.4, -0.2) is 22.0 Å². The predicted octanol–water partition coefficient (Wildman–Crippen LogP) is 2.56. The Balaban J connectivity index is 2.03. The molecule has 0 amide bonds. The molecule has 0 aromatic heterocycles. The fourth-order valence-corrected chi connectivity index (χ4v) is 3.01. The van der Waals surface area contributed by atoms with Crippen LogP contribution in [0.3, 0.4) is 0 Å². The summed E-state index contributed by atoms with van der Waals surface area (Å²) in [6.07, 6.45) is 1.41. The molecule has 0 unspecified atom stereocenters. The molecular formula is C17H18O3Si. The van der Waals surface area contributed by atoms with E-state index in [-0.39, 0.29) is 6.10 Å². The zero-order valence-corrected chi connectivity index (χ0v) is 13.2. The van der Waals surface area contributed by atoms with Crippen molar-refractivity contribution in [2.45, 2.75) is 6.10 Å². The topological polar surface area (TPSA) is 35.5 Å². The van der Waals surface area contributed by atoms with E-state index in [0.29, 0.717) is 6.23 Å². The minimum Gasteiger partial charge on any atom is -0.464 e. The number of esters is 1. The summed E-state index contributed by atoms with van der Waals surface area (Å²) in [6.45, 7) is 3.37. The van der Waals surface area contributed by atoms with Gasteiger partial charge >= 0.3 is 5.97 Å². The van der Waals surface area contributed by atoms with Gasteiger partial charge in [0, 0.05) is 6.08 Å². The van der Waals surface area contributed by atoms with Crippen LogP contribution in [0.2, 0.25) is 0 Å². The molecule has 0 atom stereocenters. The summed E-state index contributed by atoms with van der Waals surface area (Å²) in [5, 5.41) is 0. The third kappa shape index (κ3) is 4.70. The Hall–Kier alpha value is -2.17. The number of rotatable bonds is 7. The fraction of sp³-hybridized carbons (Fsp3) is 0.118. The molecule has 3 nitrogen and oxygen atoms in total. The number of carbonyl (C=O) groups is 1. The maximum atomic E-state index is 11.0.